The van der Waals surface area contributed by atoms with Gasteiger partial charge < -0.3 is 4.90 Å². The van der Waals surface area contributed by atoms with E-state index in [4.69, 9.17) is 0 Å². The van der Waals surface area contributed by atoms with Gasteiger partial charge in [0.1, 0.15) is 0 Å². The van der Waals surface area contributed by atoms with Crippen molar-refractivity contribution in [3.8, 4) is 44.5 Å². The summed E-state index contributed by atoms with van der Waals surface area (Å²) in [7, 11) is 0. The number of nitrogens with zero attached hydrogens (tertiary/aromatic N) is 1. The van der Waals surface area contributed by atoms with Crippen LogP contribution >= 0.6 is 0 Å². The van der Waals surface area contributed by atoms with Gasteiger partial charge >= 0.3 is 0 Å². The lowest BCUT2D eigenvalue weighted by molar-refractivity contribution is 0.661. The van der Waals surface area contributed by atoms with Gasteiger partial charge in [-0.05, 0) is 127 Å². The van der Waals surface area contributed by atoms with Gasteiger partial charge in [-0.15, -0.1) is 0 Å². The van der Waals surface area contributed by atoms with Gasteiger partial charge in [-0.3, -0.25) is 0 Å². The molecule has 0 radical (unpaired) electrons. The molecule has 0 aliphatic heterocycles. The summed E-state index contributed by atoms with van der Waals surface area (Å²) in [5.41, 5.74) is 19.8. The predicted octanol–water partition coefficient (Wildman–Crippen LogP) is 15.3. The summed E-state index contributed by atoms with van der Waals surface area (Å²) in [5.74, 6) is 0. The molecule has 11 rings (SSSR count). The van der Waals surface area contributed by atoms with Crippen LogP contribution in [0.1, 0.15) is 48.6 Å². The molecule has 0 bridgehead atoms. The highest BCUT2D eigenvalue weighted by molar-refractivity contribution is 6.02. The standard InChI is InChI=1S/C57H43N/c1-56(2)51-27-16-25-48(55(51)49-35-40-19-10-11-20-41(40)36-52(49)56)47-24-13-15-28-54(47)58(43-31-29-39(30-32-43)38-17-6-4-7-18-38)44-33-34-46-45-23-12-14-26-50(45)57(3,53(46)37-44)42-21-8-5-9-22-42/h4-37H,1-3H3. The van der Waals surface area contributed by atoms with Crippen molar-refractivity contribution in [2.75, 3.05) is 4.90 Å². The first-order valence-corrected chi connectivity index (χ1v) is 20.4. The number of hydrogen-bond donors (Lipinski definition) is 0. The molecule has 2 aliphatic carbocycles. The summed E-state index contributed by atoms with van der Waals surface area (Å²) in [5, 5.41) is 2.56. The summed E-state index contributed by atoms with van der Waals surface area (Å²) in [4.78, 5) is 2.49. The highest BCUT2D eigenvalue weighted by Gasteiger charge is 2.41. The predicted molar refractivity (Wildman–Crippen MR) is 245 cm³/mol. The summed E-state index contributed by atoms with van der Waals surface area (Å²) >= 11 is 0. The van der Waals surface area contributed by atoms with Crippen molar-refractivity contribution in [1.82, 2.24) is 0 Å². The van der Waals surface area contributed by atoms with Crippen LogP contribution in [0.4, 0.5) is 17.1 Å². The summed E-state index contributed by atoms with van der Waals surface area (Å²) in [6.07, 6.45) is 0. The quantitative estimate of drug-likeness (QED) is 0.164. The first kappa shape index (κ1) is 34.3. The zero-order chi connectivity index (χ0) is 39.0. The van der Waals surface area contributed by atoms with E-state index in [-0.39, 0.29) is 10.8 Å². The molecular weight excluding hydrogens is 699 g/mol. The van der Waals surface area contributed by atoms with Gasteiger partial charge in [0.2, 0.25) is 0 Å². The highest BCUT2D eigenvalue weighted by Crippen LogP contribution is 2.56. The Kier molecular flexibility index (Phi) is 7.72. The van der Waals surface area contributed by atoms with Crippen molar-refractivity contribution in [2.45, 2.75) is 31.6 Å². The normalized spacial score (nSPS) is 15.7. The van der Waals surface area contributed by atoms with Crippen molar-refractivity contribution < 1.29 is 0 Å². The fourth-order valence-electron chi connectivity index (χ4n) is 10.2. The Morgan fingerprint density at radius 1 is 0.345 bits per heavy atom. The van der Waals surface area contributed by atoms with Crippen molar-refractivity contribution in [3.63, 3.8) is 0 Å². The lowest BCUT2D eigenvalue weighted by atomic mass is 9.74. The Morgan fingerprint density at radius 2 is 0.914 bits per heavy atom. The smallest absolute Gasteiger partial charge is 0.0540 e. The molecule has 0 amide bonds. The molecule has 1 unspecified atom stereocenters. The van der Waals surface area contributed by atoms with Crippen molar-refractivity contribution >= 4 is 27.8 Å². The van der Waals surface area contributed by atoms with E-state index in [0.29, 0.717) is 0 Å². The molecule has 2 aliphatic rings. The summed E-state index contributed by atoms with van der Waals surface area (Å²) in [6.45, 7) is 7.17. The van der Waals surface area contributed by atoms with Crippen molar-refractivity contribution in [1.29, 1.82) is 0 Å². The lowest BCUT2D eigenvalue weighted by Crippen LogP contribution is -2.22. The molecule has 9 aromatic rings. The third-order valence-electron chi connectivity index (χ3n) is 13.1. The molecule has 0 spiro atoms. The van der Waals surface area contributed by atoms with Crippen LogP contribution in [0.3, 0.4) is 0 Å². The lowest BCUT2D eigenvalue weighted by Gasteiger charge is -2.32. The molecule has 1 atom stereocenters. The minimum atomic E-state index is -0.316. The Hall–Kier alpha value is -6.96. The third-order valence-corrected chi connectivity index (χ3v) is 13.1. The molecule has 0 aromatic heterocycles. The van der Waals surface area contributed by atoms with Gasteiger partial charge in [-0.25, -0.2) is 0 Å². The third kappa shape index (κ3) is 5.10. The second-order valence-electron chi connectivity index (χ2n) is 16.6. The molecule has 0 N–H and O–H groups in total. The molecule has 1 heteroatoms. The summed E-state index contributed by atoms with van der Waals surface area (Å²) in [6, 6.07) is 76.5. The average Bonchev–Trinajstić information content (AvgIpc) is 3.67. The Labute approximate surface area is 341 Å². The number of benzene rings is 9. The van der Waals surface area contributed by atoms with E-state index < -0.39 is 0 Å². The number of para-hydroxylation sites is 1. The number of hydrogen-bond acceptors (Lipinski definition) is 1. The first-order valence-electron chi connectivity index (χ1n) is 20.4. The molecular formula is C57H43N. The molecule has 0 saturated heterocycles. The number of anilines is 3. The zero-order valence-electron chi connectivity index (χ0n) is 33.1. The van der Waals surface area contributed by atoms with Gasteiger partial charge in [0.25, 0.3) is 0 Å². The molecule has 58 heavy (non-hydrogen) atoms. The summed E-state index contributed by atoms with van der Waals surface area (Å²) < 4.78 is 0. The van der Waals surface area contributed by atoms with E-state index in [9.17, 15) is 0 Å². The molecule has 276 valence electrons. The minimum absolute atomic E-state index is 0.135. The van der Waals surface area contributed by atoms with E-state index >= 15 is 0 Å². The van der Waals surface area contributed by atoms with Gasteiger partial charge in [0.05, 0.1) is 5.69 Å². The second kappa shape index (κ2) is 13.0. The number of fused-ring (bicyclic) bond motifs is 7. The fourth-order valence-corrected chi connectivity index (χ4v) is 10.2. The fraction of sp³-hybridized carbons (Fsp3) is 0.0877. The van der Waals surface area contributed by atoms with E-state index in [0.717, 1.165) is 17.1 Å². The van der Waals surface area contributed by atoms with Gasteiger partial charge in [0, 0.05) is 27.8 Å². The molecule has 0 saturated carbocycles. The monoisotopic (exact) mass is 741 g/mol. The maximum absolute atomic E-state index is 2.49. The van der Waals surface area contributed by atoms with Crippen molar-refractivity contribution in [2.24, 2.45) is 0 Å². The highest BCUT2D eigenvalue weighted by atomic mass is 15.1. The van der Waals surface area contributed by atoms with Crippen LogP contribution in [0, 0.1) is 0 Å². The maximum Gasteiger partial charge on any atom is 0.0540 e. The zero-order valence-corrected chi connectivity index (χ0v) is 33.1. The molecule has 0 fully saturated rings. The minimum Gasteiger partial charge on any atom is -0.310 e. The van der Waals surface area contributed by atoms with Crippen LogP contribution in [0.5, 0.6) is 0 Å². The van der Waals surface area contributed by atoms with Crippen LogP contribution in [0.2, 0.25) is 0 Å². The maximum atomic E-state index is 2.49. The SMILES string of the molecule is CC1(C)c2cc3ccccc3cc2-c2c(-c3ccccc3N(c3ccc(-c4ccccc4)cc3)c3ccc4c(c3)C(C)(c3ccccc3)c3ccccc3-4)cccc21. The Morgan fingerprint density at radius 3 is 1.69 bits per heavy atom. The van der Waals surface area contributed by atoms with E-state index in [2.05, 4.69) is 232 Å². The van der Waals surface area contributed by atoms with Gasteiger partial charge in [-0.2, -0.15) is 0 Å². The van der Waals surface area contributed by atoms with Gasteiger partial charge in [0.15, 0.2) is 0 Å². The number of rotatable bonds is 6. The van der Waals surface area contributed by atoms with Crippen LogP contribution in [0.15, 0.2) is 206 Å². The van der Waals surface area contributed by atoms with Crippen LogP contribution in [-0.4, -0.2) is 0 Å². The molecule has 0 heterocycles. The van der Waals surface area contributed by atoms with E-state index in [1.165, 1.54) is 83.1 Å². The van der Waals surface area contributed by atoms with Crippen LogP contribution < -0.4 is 4.90 Å². The van der Waals surface area contributed by atoms with Crippen LogP contribution in [-0.2, 0) is 10.8 Å². The van der Waals surface area contributed by atoms with E-state index in [1.54, 1.807) is 0 Å². The Balaban J connectivity index is 1.14. The largest absolute Gasteiger partial charge is 0.310 e. The Bertz CT molecular complexity index is 3030. The topological polar surface area (TPSA) is 3.24 Å². The average molecular weight is 742 g/mol. The van der Waals surface area contributed by atoms with Gasteiger partial charge in [-0.1, -0.05) is 178 Å². The first-order chi connectivity index (χ1) is 28.4. The van der Waals surface area contributed by atoms with E-state index in [1.807, 2.05) is 0 Å². The second-order valence-corrected chi connectivity index (χ2v) is 16.6. The molecule has 9 aromatic carbocycles. The van der Waals surface area contributed by atoms with Crippen LogP contribution in [0.25, 0.3) is 55.3 Å². The van der Waals surface area contributed by atoms with Crippen molar-refractivity contribution in [3.05, 3.63) is 234 Å². The molecule has 1 nitrogen and oxygen atoms in total.